The molecule has 2 aromatic rings. The molecule has 0 aliphatic heterocycles. The summed E-state index contributed by atoms with van der Waals surface area (Å²) in [6.07, 6.45) is 2.88. The van der Waals surface area contributed by atoms with Crippen LogP contribution >= 0.6 is 11.7 Å². The Balaban J connectivity index is 2.33. The van der Waals surface area contributed by atoms with E-state index in [2.05, 4.69) is 45.3 Å². The van der Waals surface area contributed by atoms with E-state index in [0.29, 0.717) is 0 Å². The maximum atomic E-state index is 4.29. The van der Waals surface area contributed by atoms with Gasteiger partial charge in [0.2, 0.25) is 0 Å². The van der Waals surface area contributed by atoms with Crippen molar-refractivity contribution < 1.29 is 0 Å². The van der Waals surface area contributed by atoms with Gasteiger partial charge in [-0.15, -0.1) is 0 Å². The molecule has 3 nitrogen and oxygen atoms in total. The Morgan fingerprint density at radius 3 is 2.94 bits per heavy atom. The minimum Gasteiger partial charge on any atom is -0.308 e. The third-order valence-electron chi connectivity index (χ3n) is 2.66. The van der Waals surface area contributed by atoms with E-state index in [1.54, 1.807) is 0 Å². The van der Waals surface area contributed by atoms with Crippen molar-refractivity contribution in [2.24, 2.45) is 0 Å². The fraction of sp³-hybridized carbons (Fsp3) is 0.333. The second-order valence-electron chi connectivity index (χ2n) is 3.65. The minimum atomic E-state index is 0.144. The van der Waals surface area contributed by atoms with Crippen molar-refractivity contribution in [2.45, 2.75) is 19.4 Å². The van der Waals surface area contributed by atoms with E-state index in [9.17, 15) is 0 Å². The van der Waals surface area contributed by atoms with Gasteiger partial charge >= 0.3 is 0 Å². The van der Waals surface area contributed by atoms with Crippen LogP contribution in [0.4, 0.5) is 0 Å². The molecule has 0 aliphatic carbocycles. The van der Waals surface area contributed by atoms with Crippen molar-refractivity contribution in [1.29, 1.82) is 0 Å². The minimum absolute atomic E-state index is 0.144. The van der Waals surface area contributed by atoms with Crippen LogP contribution in [-0.4, -0.2) is 15.8 Å². The standard InChI is InChI=1S/C12H15N3S/c1-3-9-5-4-6-10(7-9)12(13-2)11-8-14-16-15-11/h4-8,12-13H,3H2,1-2H3. The quantitative estimate of drug-likeness (QED) is 0.881. The molecule has 4 heteroatoms. The van der Waals surface area contributed by atoms with Gasteiger partial charge in [0, 0.05) is 0 Å². The van der Waals surface area contributed by atoms with Gasteiger partial charge < -0.3 is 5.32 Å². The highest BCUT2D eigenvalue weighted by atomic mass is 32.1. The first-order valence-corrected chi connectivity index (χ1v) is 6.11. The van der Waals surface area contributed by atoms with Crippen LogP contribution in [0.1, 0.15) is 29.8 Å². The molecule has 84 valence electrons. The molecule has 0 amide bonds. The fourth-order valence-corrected chi connectivity index (χ4v) is 2.23. The number of rotatable bonds is 4. The highest BCUT2D eigenvalue weighted by molar-refractivity contribution is 6.99. The molecule has 0 saturated carbocycles. The van der Waals surface area contributed by atoms with E-state index in [1.165, 1.54) is 22.9 Å². The van der Waals surface area contributed by atoms with E-state index in [1.807, 2.05) is 13.2 Å². The zero-order valence-corrected chi connectivity index (χ0v) is 10.3. The molecular formula is C12H15N3S. The number of hydrogen-bond acceptors (Lipinski definition) is 4. The molecule has 1 unspecified atom stereocenters. The highest BCUT2D eigenvalue weighted by Crippen LogP contribution is 2.21. The van der Waals surface area contributed by atoms with Crippen LogP contribution < -0.4 is 5.32 Å². The van der Waals surface area contributed by atoms with Gasteiger partial charge in [-0.05, 0) is 24.6 Å². The molecule has 0 fully saturated rings. The van der Waals surface area contributed by atoms with E-state index < -0.39 is 0 Å². The third-order valence-corrected chi connectivity index (χ3v) is 3.15. The molecule has 0 bridgehead atoms. The predicted molar refractivity (Wildman–Crippen MR) is 66.6 cm³/mol. The molecule has 1 heterocycles. The number of hydrogen-bond donors (Lipinski definition) is 1. The third kappa shape index (κ3) is 2.28. The van der Waals surface area contributed by atoms with Crippen LogP contribution in [-0.2, 0) is 6.42 Å². The Hall–Kier alpha value is -1.26. The van der Waals surface area contributed by atoms with Gasteiger partial charge in [-0.1, -0.05) is 31.2 Å². The molecular weight excluding hydrogens is 218 g/mol. The van der Waals surface area contributed by atoms with Crippen LogP contribution in [0.25, 0.3) is 0 Å². The summed E-state index contributed by atoms with van der Waals surface area (Å²) in [6, 6.07) is 8.74. The van der Waals surface area contributed by atoms with E-state index in [-0.39, 0.29) is 6.04 Å². The van der Waals surface area contributed by atoms with Crippen LogP contribution in [0.2, 0.25) is 0 Å². The largest absolute Gasteiger partial charge is 0.308 e. The highest BCUT2D eigenvalue weighted by Gasteiger charge is 2.14. The molecule has 1 aromatic heterocycles. The number of nitrogens with zero attached hydrogens (tertiary/aromatic N) is 2. The first-order valence-electron chi connectivity index (χ1n) is 5.38. The summed E-state index contributed by atoms with van der Waals surface area (Å²) in [7, 11) is 1.95. The summed E-state index contributed by atoms with van der Waals surface area (Å²) >= 11 is 1.25. The lowest BCUT2D eigenvalue weighted by molar-refractivity contribution is 0.676. The first-order chi connectivity index (χ1) is 7.85. The Bertz CT molecular complexity index is 439. The van der Waals surface area contributed by atoms with Gasteiger partial charge in [0.15, 0.2) is 0 Å². The number of benzene rings is 1. The summed E-state index contributed by atoms with van der Waals surface area (Å²) < 4.78 is 8.34. The Morgan fingerprint density at radius 1 is 1.44 bits per heavy atom. The summed E-state index contributed by atoms with van der Waals surface area (Å²) in [4.78, 5) is 0. The van der Waals surface area contributed by atoms with Crippen LogP contribution in [0.3, 0.4) is 0 Å². The summed E-state index contributed by atoms with van der Waals surface area (Å²) in [5, 5.41) is 3.28. The zero-order valence-electron chi connectivity index (χ0n) is 9.47. The van der Waals surface area contributed by atoms with Gasteiger partial charge in [0.25, 0.3) is 0 Å². The molecule has 1 N–H and O–H groups in total. The summed E-state index contributed by atoms with van der Waals surface area (Å²) in [5.41, 5.74) is 3.58. The molecule has 16 heavy (non-hydrogen) atoms. The SMILES string of the molecule is CCc1cccc(C(NC)c2cnsn2)c1. The fourth-order valence-electron chi connectivity index (χ4n) is 1.78. The Labute approximate surface area is 99.9 Å². The van der Waals surface area contributed by atoms with E-state index in [0.717, 1.165) is 12.1 Å². The van der Waals surface area contributed by atoms with E-state index >= 15 is 0 Å². The first kappa shape index (κ1) is 11.2. The molecule has 1 aromatic carbocycles. The average molecular weight is 233 g/mol. The molecule has 1 atom stereocenters. The smallest absolute Gasteiger partial charge is 0.0957 e. The van der Waals surface area contributed by atoms with Gasteiger partial charge in [-0.25, -0.2) is 0 Å². The van der Waals surface area contributed by atoms with Crippen molar-refractivity contribution in [3.05, 3.63) is 47.3 Å². The Kier molecular flexibility index (Phi) is 3.64. The normalized spacial score (nSPS) is 12.6. The zero-order chi connectivity index (χ0) is 11.4. The van der Waals surface area contributed by atoms with Crippen molar-refractivity contribution in [3.63, 3.8) is 0 Å². The number of aromatic nitrogens is 2. The maximum absolute atomic E-state index is 4.29. The van der Waals surface area contributed by atoms with Gasteiger partial charge in [0.05, 0.1) is 29.7 Å². The second-order valence-corrected chi connectivity index (χ2v) is 4.21. The monoisotopic (exact) mass is 233 g/mol. The van der Waals surface area contributed by atoms with E-state index in [4.69, 9.17) is 0 Å². The van der Waals surface area contributed by atoms with Gasteiger partial charge in [0.1, 0.15) is 0 Å². The van der Waals surface area contributed by atoms with Crippen molar-refractivity contribution in [1.82, 2.24) is 14.1 Å². The molecule has 2 rings (SSSR count). The predicted octanol–water partition coefficient (Wildman–Crippen LogP) is 2.41. The lowest BCUT2D eigenvalue weighted by Gasteiger charge is -2.14. The average Bonchev–Trinajstić information content (AvgIpc) is 2.84. The lowest BCUT2D eigenvalue weighted by atomic mass is 10.0. The second kappa shape index (κ2) is 5.18. The van der Waals surface area contributed by atoms with Gasteiger partial charge in [-0.2, -0.15) is 8.75 Å². The Morgan fingerprint density at radius 2 is 2.31 bits per heavy atom. The van der Waals surface area contributed by atoms with Crippen molar-refractivity contribution >= 4 is 11.7 Å². The molecule has 0 aliphatic rings. The molecule has 0 saturated heterocycles. The van der Waals surface area contributed by atoms with Crippen LogP contribution in [0, 0.1) is 0 Å². The van der Waals surface area contributed by atoms with Crippen molar-refractivity contribution in [3.8, 4) is 0 Å². The molecule has 0 radical (unpaired) electrons. The van der Waals surface area contributed by atoms with Crippen LogP contribution in [0.5, 0.6) is 0 Å². The molecule has 0 spiro atoms. The topological polar surface area (TPSA) is 37.8 Å². The summed E-state index contributed by atoms with van der Waals surface area (Å²) in [6.45, 7) is 2.16. The van der Waals surface area contributed by atoms with Gasteiger partial charge in [-0.3, -0.25) is 0 Å². The number of nitrogens with one attached hydrogen (secondary N) is 1. The summed E-state index contributed by atoms with van der Waals surface area (Å²) in [5.74, 6) is 0. The lowest BCUT2D eigenvalue weighted by Crippen LogP contribution is -2.18. The van der Waals surface area contributed by atoms with Crippen molar-refractivity contribution in [2.75, 3.05) is 7.05 Å². The van der Waals surface area contributed by atoms with Crippen LogP contribution in [0.15, 0.2) is 30.5 Å². The maximum Gasteiger partial charge on any atom is 0.0957 e. The number of aryl methyl sites for hydroxylation is 1.